The summed E-state index contributed by atoms with van der Waals surface area (Å²) in [6, 6.07) is 7.23. The predicted octanol–water partition coefficient (Wildman–Crippen LogP) is 2.98. The van der Waals surface area contributed by atoms with E-state index in [1.165, 1.54) is 0 Å². The number of carbonyl (C=O) groups is 1. The SMILES string of the molecule is O=C1NC(c2cccc3c2OCCCO3)Nc2cc(F)c(F)cc21. The Morgan fingerprint density at radius 2 is 1.83 bits per heavy atom. The summed E-state index contributed by atoms with van der Waals surface area (Å²) in [6.07, 6.45) is 0.123. The first-order chi connectivity index (χ1) is 11.6. The Labute approximate surface area is 136 Å². The fourth-order valence-electron chi connectivity index (χ4n) is 2.85. The van der Waals surface area contributed by atoms with Crippen molar-refractivity contribution >= 4 is 11.6 Å². The molecule has 2 aromatic rings. The number of halogens is 2. The van der Waals surface area contributed by atoms with E-state index >= 15 is 0 Å². The van der Waals surface area contributed by atoms with E-state index in [0.717, 1.165) is 18.6 Å². The fourth-order valence-corrected chi connectivity index (χ4v) is 2.85. The van der Waals surface area contributed by atoms with E-state index in [9.17, 15) is 13.6 Å². The minimum absolute atomic E-state index is 0.0596. The molecule has 0 saturated carbocycles. The molecular formula is C17H14F2N2O3. The largest absolute Gasteiger partial charge is 0.490 e. The molecule has 0 spiro atoms. The Morgan fingerprint density at radius 3 is 2.71 bits per heavy atom. The minimum Gasteiger partial charge on any atom is -0.490 e. The van der Waals surface area contributed by atoms with E-state index in [-0.39, 0.29) is 11.3 Å². The Balaban J connectivity index is 1.74. The van der Waals surface area contributed by atoms with Crippen LogP contribution in [0.2, 0.25) is 0 Å². The van der Waals surface area contributed by atoms with Crippen molar-refractivity contribution in [1.82, 2.24) is 5.32 Å². The lowest BCUT2D eigenvalue weighted by Crippen LogP contribution is -2.38. The molecule has 2 N–H and O–H groups in total. The number of ether oxygens (including phenoxy) is 2. The highest BCUT2D eigenvalue weighted by molar-refractivity contribution is 6.01. The van der Waals surface area contributed by atoms with Gasteiger partial charge in [0.25, 0.3) is 5.91 Å². The minimum atomic E-state index is -1.06. The summed E-state index contributed by atoms with van der Waals surface area (Å²) in [6.45, 7) is 1.05. The number of hydrogen-bond acceptors (Lipinski definition) is 4. The van der Waals surface area contributed by atoms with Crippen LogP contribution in [0.25, 0.3) is 0 Å². The first kappa shape index (κ1) is 14.7. The van der Waals surface area contributed by atoms with Gasteiger partial charge in [-0.3, -0.25) is 4.79 Å². The maximum absolute atomic E-state index is 13.5. The number of nitrogens with one attached hydrogen (secondary N) is 2. The van der Waals surface area contributed by atoms with Gasteiger partial charge >= 0.3 is 0 Å². The Hall–Kier alpha value is -2.83. The molecule has 2 heterocycles. The van der Waals surface area contributed by atoms with E-state index in [0.29, 0.717) is 30.3 Å². The van der Waals surface area contributed by atoms with Crippen LogP contribution in [0.15, 0.2) is 30.3 Å². The standard InChI is InChI=1S/C17H14F2N2O3/c18-11-7-10-13(8-12(11)19)20-16(21-17(10)22)9-3-1-4-14-15(9)24-6-2-5-23-14/h1,3-4,7-8,16,20H,2,5-6H2,(H,21,22). The number of fused-ring (bicyclic) bond motifs is 2. The van der Waals surface area contributed by atoms with Gasteiger partial charge in [-0.25, -0.2) is 8.78 Å². The van der Waals surface area contributed by atoms with Crippen LogP contribution in [-0.4, -0.2) is 19.1 Å². The normalized spacial score (nSPS) is 18.9. The van der Waals surface area contributed by atoms with Gasteiger partial charge in [-0.05, 0) is 12.1 Å². The highest BCUT2D eigenvalue weighted by Crippen LogP contribution is 2.38. The topological polar surface area (TPSA) is 59.6 Å². The number of amides is 1. The molecule has 1 atom stereocenters. The number of anilines is 1. The maximum Gasteiger partial charge on any atom is 0.255 e. The van der Waals surface area contributed by atoms with E-state index in [1.54, 1.807) is 18.2 Å². The Bertz CT molecular complexity index is 826. The molecule has 2 aromatic carbocycles. The van der Waals surface area contributed by atoms with Crippen molar-refractivity contribution in [2.45, 2.75) is 12.6 Å². The number of benzene rings is 2. The van der Waals surface area contributed by atoms with Gasteiger partial charge in [-0.15, -0.1) is 0 Å². The van der Waals surface area contributed by atoms with Gasteiger partial charge in [0.2, 0.25) is 0 Å². The summed E-state index contributed by atoms with van der Waals surface area (Å²) in [7, 11) is 0. The van der Waals surface area contributed by atoms with Gasteiger partial charge in [-0.1, -0.05) is 12.1 Å². The van der Waals surface area contributed by atoms with Gasteiger partial charge in [0.15, 0.2) is 23.1 Å². The van der Waals surface area contributed by atoms with Crippen LogP contribution in [0.4, 0.5) is 14.5 Å². The van der Waals surface area contributed by atoms with Crippen molar-refractivity contribution < 1.29 is 23.0 Å². The van der Waals surface area contributed by atoms with Crippen molar-refractivity contribution in [3.63, 3.8) is 0 Å². The third-order valence-corrected chi connectivity index (χ3v) is 3.99. The van der Waals surface area contributed by atoms with Crippen molar-refractivity contribution in [3.8, 4) is 11.5 Å². The second kappa shape index (κ2) is 5.67. The lowest BCUT2D eigenvalue weighted by Gasteiger charge is -2.29. The van der Waals surface area contributed by atoms with Crippen LogP contribution >= 0.6 is 0 Å². The smallest absolute Gasteiger partial charge is 0.255 e. The summed E-state index contributed by atoms with van der Waals surface area (Å²) >= 11 is 0. The molecule has 124 valence electrons. The first-order valence-electron chi connectivity index (χ1n) is 7.58. The van der Waals surface area contributed by atoms with Crippen LogP contribution in [0.1, 0.15) is 28.5 Å². The number of rotatable bonds is 1. The van der Waals surface area contributed by atoms with E-state index in [4.69, 9.17) is 9.47 Å². The van der Waals surface area contributed by atoms with Crippen molar-refractivity contribution in [1.29, 1.82) is 0 Å². The summed E-state index contributed by atoms with van der Waals surface area (Å²) in [4.78, 5) is 12.3. The van der Waals surface area contributed by atoms with Gasteiger partial charge < -0.3 is 20.1 Å². The van der Waals surface area contributed by atoms with Crippen molar-refractivity contribution in [2.24, 2.45) is 0 Å². The average Bonchev–Trinajstić information content (AvgIpc) is 2.81. The van der Waals surface area contributed by atoms with Gasteiger partial charge in [0, 0.05) is 18.1 Å². The summed E-state index contributed by atoms with van der Waals surface area (Å²) < 4.78 is 38.2. The Morgan fingerprint density at radius 1 is 1.04 bits per heavy atom. The fraction of sp³-hybridized carbons (Fsp3) is 0.235. The molecule has 0 fully saturated rings. The molecule has 0 radical (unpaired) electrons. The van der Waals surface area contributed by atoms with Crippen molar-refractivity contribution in [3.05, 3.63) is 53.1 Å². The third-order valence-electron chi connectivity index (χ3n) is 3.99. The van der Waals surface area contributed by atoms with E-state index < -0.39 is 23.7 Å². The monoisotopic (exact) mass is 332 g/mol. The molecule has 7 heteroatoms. The summed E-state index contributed by atoms with van der Waals surface area (Å²) in [5.41, 5.74) is 0.956. The molecule has 5 nitrogen and oxygen atoms in total. The Kier molecular flexibility index (Phi) is 3.48. The zero-order valence-electron chi connectivity index (χ0n) is 12.6. The van der Waals surface area contributed by atoms with Crippen LogP contribution < -0.4 is 20.1 Å². The predicted molar refractivity (Wildman–Crippen MR) is 82.2 cm³/mol. The second-order valence-corrected chi connectivity index (χ2v) is 5.59. The highest BCUT2D eigenvalue weighted by atomic mass is 19.2. The summed E-state index contributed by atoms with van der Waals surface area (Å²) in [5.74, 6) is -1.42. The molecule has 2 aliphatic rings. The van der Waals surface area contributed by atoms with E-state index in [2.05, 4.69) is 10.6 Å². The summed E-state index contributed by atoms with van der Waals surface area (Å²) in [5, 5.41) is 5.74. The zero-order valence-corrected chi connectivity index (χ0v) is 12.6. The number of carbonyl (C=O) groups excluding carboxylic acids is 1. The van der Waals surface area contributed by atoms with Crippen LogP contribution in [0.5, 0.6) is 11.5 Å². The molecule has 0 aliphatic carbocycles. The zero-order chi connectivity index (χ0) is 16.7. The van der Waals surface area contributed by atoms with Crippen LogP contribution in [0, 0.1) is 11.6 Å². The lowest BCUT2D eigenvalue weighted by atomic mass is 10.0. The molecule has 24 heavy (non-hydrogen) atoms. The second-order valence-electron chi connectivity index (χ2n) is 5.59. The van der Waals surface area contributed by atoms with E-state index in [1.807, 2.05) is 0 Å². The van der Waals surface area contributed by atoms with Gasteiger partial charge in [-0.2, -0.15) is 0 Å². The maximum atomic E-state index is 13.5. The molecule has 0 bridgehead atoms. The molecular weight excluding hydrogens is 318 g/mol. The molecule has 0 aromatic heterocycles. The van der Waals surface area contributed by atoms with Crippen LogP contribution in [0.3, 0.4) is 0 Å². The highest BCUT2D eigenvalue weighted by Gasteiger charge is 2.29. The van der Waals surface area contributed by atoms with Crippen molar-refractivity contribution in [2.75, 3.05) is 18.5 Å². The van der Waals surface area contributed by atoms with Crippen LogP contribution in [-0.2, 0) is 0 Å². The molecule has 4 rings (SSSR count). The quantitative estimate of drug-likeness (QED) is 0.843. The molecule has 0 saturated heterocycles. The lowest BCUT2D eigenvalue weighted by molar-refractivity contribution is 0.0934. The average molecular weight is 332 g/mol. The number of hydrogen-bond donors (Lipinski definition) is 2. The first-order valence-corrected chi connectivity index (χ1v) is 7.58. The van der Waals surface area contributed by atoms with Gasteiger partial charge in [0.1, 0.15) is 6.17 Å². The molecule has 2 aliphatic heterocycles. The van der Waals surface area contributed by atoms with Gasteiger partial charge in [0.05, 0.1) is 24.5 Å². The molecule has 1 amide bonds. The third kappa shape index (κ3) is 2.42. The number of para-hydroxylation sites is 1. The molecule has 1 unspecified atom stereocenters.